The smallest absolute Gasteiger partial charge is 0.191 e. The minimum absolute atomic E-state index is 0. The second-order valence-electron chi connectivity index (χ2n) is 4.89. The lowest BCUT2D eigenvalue weighted by atomic mass is 10.2. The van der Waals surface area contributed by atoms with Gasteiger partial charge in [-0.3, -0.25) is 9.89 Å². The molecule has 0 aromatic rings. The minimum atomic E-state index is 0. The van der Waals surface area contributed by atoms with E-state index < -0.39 is 0 Å². The second-order valence-corrected chi connectivity index (χ2v) is 4.89. The van der Waals surface area contributed by atoms with Crippen molar-refractivity contribution >= 4 is 29.9 Å². The van der Waals surface area contributed by atoms with Crippen LogP contribution in [0.15, 0.2) is 4.99 Å². The zero-order valence-electron chi connectivity index (χ0n) is 12.6. The van der Waals surface area contributed by atoms with E-state index in [-0.39, 0.29) is 24.0 Å². The van der Waals surface area contributed by atoms with Crippen LogP contribution in [-0.4, -0.2) is 62.8 Å². The molecule has 5 nitrogen and oxygen atoms in total. The van der Waals surface area contributed by atoms with Gasteiger partial charge in [0.2, 0.25) is 0 Å². The fraction of sp³-hybridized carbons (Fsp3) is 0.923. The predicted molar refractivity (Wildman–Crippen MR) is 91.5 cm³/mol. The number of rotatable bonds is 5. The van der Waals surface area contributed by atoms with E-state index in [4.69, 9.17) is 4.74 Å². The van der Waals surface area contributed by atoms with Gasteiger partial charge in [0.05, 0.1) is 13.2 Å². The van der Waals surface area contributed by atoms with Crippen LogP contribution in [0.5, 0.6) is 0 Å². The third-order valence-corrected chi connectivity index (χ3v) is 3.32. The Bertz CT molecular complexity index is 263. The first-order valence-corrected chi connectivity index (χ1v) is 6.97. The summed E-state index contributed by atoms with van der Waals surface area (Å²) in [6, 6.07) is 0.991. The van der Waals surface area contributed by atoms with Crippen molar-refractivity contribution in [3.63, 3.8) is 0 Å². The summed E-state index contributed by atoms with van der Waals surface area (Å²) in [5.74, 6) is 0.893. The standard InChI is InChI=1S/C13H28N4O.HI/c1-5-6-15-13(14-4)16-9-11(2)17-7-8-18-10-12(17)3;/h11-12H,5-10H2,1-4H3,(H2,14,15,16);1H. The molecule has 0 amide bonds. The number of aliphatic imine (C=N–C) groups is 1. The van der Waals surface area contributed by atoms with Crippen LogP contribution in [0.1, 0.15) is 27.2 Å². The average Bonchev–Trinajstić information content (AvgIpc) is 2.39. The van der Waals surface area contributed by atoms with Gasteiger partial charge in [-0.05, 0) is 20.3 Å². The summed E-state index contributed by atoms with van der Waals surface area (Å²) in [5.41, 5.74) is 0. The highest BCUT2D eigenvalue weighted by Crippen LogP contribution is 2.09. The van der Waals surface area contributed by atoms with Gasteiger partial charge in [0, 0.05) is 38.8 Å². The van der Waals surface area contributed by atoms with Crippen LogP contribution in [0.4, 0.5) is 0 Å². The Hall–Kier alpha value is -0.0800. The van der Waals surface area contributed by atoms with Gasteiger partial charge < -0.3 is 15.4 Å². The zero-order valence-corrected chi connectivity index (χ0v) is 14.9. The zero-order chi connectivity index (χ0) is 13.4. The van der Waals surface area contributed by atoms with E-state index in [0.717, 1.165) is 45.2 Å². The van der Waals surface area contributed by atoms with E-state index in [1.165, 1.54) is 0 Å². The second kappa shape index (κ2) is 10.7. The van der Waals surface area contributed by atoms with Gasteiger partial charge in [0.15, 0.2) is 5.96 Å². The molecule has 0 radical (unpaired) electrons. The van der Waals surface area contributed by atoms with Gasteiger partial charge in [-0.2, -0.15) is 0 Å². The Balaban J connectivity index is 0.00000324. The molecule has 1 fully saturated rings. The molecule has 1 rings (SSSR count). The van der Waals surface area contributed by atoms with E-state index in [0.29, 0.717) is 12.1 Å². The van der Waals surface area contributed by atoms with E-state index in [1.54, 1.807) is 0 Å². The third-order valence-electron chi connectivity index (χ3n) is 3.32. The average molecular weight is 384 g/mol. The van der Waals surface area contributed by atoms with E-state index in [2.05, 4.69) is 41.3 Å². The molecule has 19 heavy (non-hydrogen) atoms. The van der Waals surface area contributed by atoms with Gasteiger partial charge in [0.25, 0.3) is 0 Å². The molecule has 2 N–H and O–H groups in total. The molecule has 1 aliphatic heterocycles. The fourth-order valence-corrected chi connectivity index (χ4v) is 2.22. The third kappa shape index (κ3) is 6.76. The normalized spacial score (nSPS) is 22.5. The number of hydrogen-bond donors (Lipinski definition) is 2. The molecule has 1 saturated heterocycles. The minimum Gasteiger partial charge on any atom is -0.379 e. The summed E-state index contributed by atoms with van der Waals surface area (Å²) in [5, 5.41) is 6.66. The van der Waals surface area contributed by atoms with Crippen molar-refractivity contribution in [1.29, 1.82) is 0 Å². The number of guanidine groups is 1. The van der Waals surface area contributed by atoms with Gasteiger partial charge in [-0.1, -0.05) is 6.92 Å². The van der Waals surface area contributed by atoms with E-state index in [1.807, 2.05) is 7.05 Å². The quantitative estimate of drug-likeness (QED) is 0.426. The van der Waals surface area contributed by atoms with Gasteiger partial charge in [0.1, 0.15) is 0 Å². The molecule has 0 saturated carbocycles. The molecule has 0 aromatic carbocycles. The Kier molecular flexibility index (Phi) is 10.6. The van der Waals surface area contributed by atoms with Gasteiger partial charge >= 0.3 is 0 Å². The monoisotopic (exact) mass is 384 g/mol. The summed E-state index contributed by atoms with van der Waals surface area (Å²) in [6.07, 6.45) is 1.11. The van der Waals surface area contributed by atoms with Crippen LogP contribution in [0.2, 0.25) is 0 Å². The number of morpholine rings is 1. The van der Waals surface area contributed by atoms with Crippen LogP contribution in [0.25, 0.3) is 0 Å². The molecular formula is C13H29IN4O. The Labute approximate surface area is 134 Å². The first kappa shape index (κ1) is 18.9. The molecule has 6 heteroatoms. The SMILES string of the molecule is CCCNC(=NC)NCC(C)N1CCOCC1C.I. The van der Waals surface area contributed by atoms with Crippen molar-refractivity contribution in [3.05, 3.63) is 0 Å². The molecule has 2 unspecified atom stereocenters. The van der Waals surface area contributed by atoms with Crippen molar-refractivity contribution < 1.29 is 4.74 Å². The predicted octanol–water partition coefficient (Wildman–Crippen LogP) is 1.29. The highest BCUT2D eigenvalue weighted by Gasteiger charge is 2.23. The molecule has 0 spiro atoms. The van der Waals surface area contributed by atoms with Crippen LogP contribution in [0, 0.1) is 0 Å². The Morgan fingerprint density at radius 3 is 2.79 bits per heavy atom. The maximum Gasteiger partial charge on any atom is 0.191 e. The lowest BCUT2D eigenvalue weighted by molar-refractivity contribution is -0.0174. The number of nitrogens with zero attached hydrogens (tertiary/aromatic N) is 2. The van der Waals surface area contributed by atoms with Crippen molar-refractivity contribution in [2.75, 3.05) is 39.9 Å². The largest absolute Gasteiger partial charge is 0.379 e. The summed E-state index contributed by atoms with van der Waals surface area (Å²) in [7, 11) is 1.81. The Morgan fingerprint density at radius 1 is 1.47 bits per heavy atom. The number of hydrogen-bond acceptors (Lipinski definition) is 3. The first-order chi connectivity index (χ1) is 8.69. The van der Waals surface area contributed by atoms with Crippen LogP contribution in [-0.2, 0) is 4.74 Å². The van der Waals surface area contributed by atoms with Crippen LogP contribution < -0.4 is 10.6 Å². The number of halogens is 1. The van der Waals surface area contributed by atoms with Crippen LogP contribution >= 0.6 is 24.0 Å². The van der Waals surface area contributed by atoms with Crippen molar-refractivity contribution in [2.24, 2.45) is 4.99 Å². The maximum absolute atomic E-state index is 5.46. The van der Waals surface area contributed by atoms with Crippen molar-refractivity contribution in [3.8, 4) is 0 Å². The summed E-state index contributed by atoms with van der Waals surface area (Å²) in [4.78, 5) is 6.70. The molecule has 1 aliphatic rings. The molecule has 0 bridgehead atoms. The molecule has 0 aliphatic carbocycles. The van der Waals surface area contributed by atoms with Crippen LogP contribution in [0.3, 0.4) is 0 Å². The first-order valence-electron chi connectivity index (χ1n) is 6.97. The summed E-state index contributed by atoms with van der Waals surface area (Å²) >= 11 is 0. The Morgan fingerprint density at radius 2 is 2.21 bits per heavy atom. The molecule has 0 aromatic heterocycles. The highest BCUT2D eigenvalue weighted by molar-refractivity contribution is 14.0. The molecule has 2 atom stereocenters. The topological polar surface area (TPSA) is 48.9 Å². The molecule has 1 heterocycles. The van der Waals surface area contributed by atoms with E-state index in [9.17, 15) is 0 Å². The highest BCUT2D eigenvalue weighted by atomic mass is 127. The van der Waals surface area contributed by atoms with Gasteiger partial charge in [-0.25, -0.2) is 0 Å². The number of nitrogens with one attached hydrogen (secondary N) is 2. The van der Waals surface area contributed by atoms with Crippen molar-refractivity contribution in [2.45, 2.75) is 39.3 Å². The lowest BCUT2D eigenvalue weighted by Gasteiger charge is -2.38. The molecule has 114 valence electrons. The van der Waals surface area contributed by atoms with Gasteiger partial charge in [-0.15, -0.1) is 24.0 Å². The molecular weight excluding hydrogens is 355 g/mol. The maximum atomic E-state index is 5.46. The summed E-state index contributed by atoms with van der Waals surface area (Å²) in [6.45, 7) is 11.2. The lowest BCUT2D eigenvalue weighted by Crippen LogP contribution is -2.53. The summed E-state index contributed by atoms with van der Waals surface area (Å²) < 4.78 is 5.46. The van der Waals surface area contributed by atoms with E-state index >= 15 is 0 Å². The number of ether oxygens (including phenoxy) is 1. The fourth-order valence-electron chi connectivity index (χ4n) is 2.22. The van der Waals surface area contributed by atoms with Crippen molar-refractivity contribution in [1.82, 2.24) is 15.5 Å².